The topological polar surface area (TPSA) is 71.7 Å². The van der Waals surface area contributed by atoms with Crippen LogP contribution in [0.2, 0.25) is 0 Å². The summed E-state index contributed by atoms with van der Waals surface area (Å²) in [4.78, 5) is 12.0. The first kappa shape index (κ1) is 15.6. The van der Waals surface area contributed by atoms with Gasteiger partial charge in [-0.3, -0.25) is 4.79 Å². The van der Waals surface area contributed by atoms with Gasteiger partial charge in [-0.15, -0.1) is 0 Å². The van der Waals surface area contributed by atoms with Crippen molar-refractivity contribution in [3.05, 3.63) is 54.2 Å². The Bertz CT molecular complexity index is 641. The number of hydrogen-bond donors (Lipinski definition) is 2. The molecule has 0 radical (unpaired) electrons. The number of carbonyl (C=O) groups excluding carboxylic acids is 1. The summed E-state index contributed by atoms with van der Waals surface area (Å²) in [6.45, 7) is 0.138. The van der Waals surface area contributed by atoms with Crippen LogP contribution in [-0.4, -0.2) is 30.3 Å². The van der Waals surface area contributed by atoms with E-state index in [-0.39, 0.29) is 36.7 Å². The quantitative estimate of drug-likeness (QED) is 0.819. The lowest BCUT2D eigenvalue weighted by Crippen LogP contribution is -2.36. The van der Waals surface area contributed by atoms with Crippen LogP contribution in [0, 0.1) is 11.7 Å². The largest absolute Gasteiger partial charge is 0.491 e. The lowest BCUT2D eigenvalue weighted by Gasteiger charge is -2.13. The molecule has 1 saturated carbocycles. The third-order valence-electron chi connectivity index (χ3n) is 3.80. The van der Waals surface area contributed by atoms with Crippen LogP contribution in [-0.2, 0) is 4.79 Å². The Kier molecular flexibility index (Phi) is 4.62. The maximum Gasteiger partial charge on any atom is 0.223 e. The molecule has 2 N–H and O–H groups in total. The third-order valence-corrected chi connectivity index (χ3v) is 3.80. The molecule has 0 aliphatic heterocycles. The number of hydrogen-bond acceptors (Lipinski definition) is 4. The van der Waals surface area contributed by atoms with Gasteiger partial charge >= 0.3 is 0 Å². The lowest BCUT2D eigenvalue weighted by atomic mass is 10.2. The molecule has 2 aromatic rings. The molecule has 122 valence electrons. The Morgan fingerprint density at radius 2 is 2.17 bits per heavy atom. The Morgan fingerprint density at radius 1 is 1.39 bits per heavy atom. The summed E-state index contributed by atoms with van der Waals surface area (Å²) in [5.41, 5.74) is 0. The molecule has 1 aromatic heterocycles. The van der Waals surface area contributed by atoms with Gasteiger partial charge in [0.1, 0.15) is 30.0 Å². The van der Waals surface area contributed by atoms with E-state index >= 15 is 0 Å². The van der Waals surface area contributed by atoms with E-state index in [1.165, 1.54) is 24.3 Å². The average molecular weight is 319 g/mol. The molecule has 3 unspecified atom stereocenters. The molecule has 0 bridgehead atoms. The Hall–Kier alpha value is -2.34. The Balaban J connectivity index is 1.37. The third kappa shape index (κ3) is 4.10. The number of benzene rings is 1. The summed E-state index contributed by atoms with van der Waals surface area (Å²) in [6, 6.07) is 9.21. The predicted molar refractivity (Wildman–Crippen MR) is 80.5 cm³/mol. The van der Waals surface area contributed by atoms with Gasteiger partial charge in [-0.2, -0.15) is 0 Å². The molecule has 3 rings (SSSR count). The summed E-state index contributed by atoms with van der Waals surface area (Å²) in [6.07, 6.45) is 1.53. The zero-order chi connectivity index (χ0) is 16.2. The molecule has 1 heterocycles. The SMILES string of the molecule is O=C(NCC(O)COc1ccc(F)cc1)C1CC1c1ccco1. The molecule has 23 heavy (non-hydrogen) atoms. The van der Waals surface area contributed by atoms with Crippen LogP contribution in [0.25, 0.3) is 0 Å². The van der Waals surface area contributed by atoms with Crippen molar-refractivity contribution in [2.45, 2.75) is 18.4 Å². The van der Waals surface area contributed by atoms with Crippen LogP contribution < -0.4 is 10.1 Å². The van der Waals surface area contributed by atoms with Gasteiger partial charge in [0, 0.05) is 18.4 Å². The fourth-order valence-corrected chi connectivity index (χ4v) is 2.43. The summed E-state index contributed by atoms with van der Waals surface area (Å²) < 4.78 is 23.4. The molecule has 1 aliphatic rings. The number of aliphatic hydroxyl groups is 1. The number of aliphatic hydroxyl groups excluding tert-OH is 1. The van der Waals surface area contributed by atoms with Gasteiger partial charge in [-0.1, -0.05) is 0 Å². The van der Waals surface area contributed by atoms with Gasteiger partial charge in [0.25, 0.3) is 0 Å². The second-order valence-electron chi connectivity index (χ2n) is 5.63. The summed E-state index contributed by atoms with van der Waals surface area (Å²) in [7, 11) is 0. The van der Waals surface area contributed by atoms with Crippen LogP contribution in [0.15, 0.2) is 47.1 Å². The first-order valence-corrected chi connectivity index (χ1v) is 7.51. The van der Waals surface area contributed by atoms with Gasteiger partial charge in [0.2, 0.25) is 5.91 Å². The van der Waals surface area contributed by atoms with Crippen molar-refractivity contribution in [1.29, 1.82) is 0 Å². The molecule has 5 nitrogen and oxygen atoms in total. The standard InChI is InChI=1S/C17H18FNO4/c18-11-3-5-13(6-4-11)23-10-12(20)9-19-17(21)15-8-14(15)16-2-1-7-22-16/h1-7,12,14-15,20H,8-10H2,(H,19,21). The molecular weight excluding hydrogens is 301 g/mol. The van der Waals surface area contributed by atoms with Crippen LogP contribution >= 0.6 is 0 Å². The van der Waals surface area contributed by atoms with E-state index in [0.29, 0.717) is 5.75 Å². The number of nitrogens with one attached hydrogen (secondary N) is 1. The number of halogens is 1. The van der Waals surface area contributed by atoms with Crippen LogP contribution in [0.3, 0.4) is 0 Å². The summed E-state index contributed by atoms with van der Waals surface area (Å²) in [5.74, 6) is 0.902. The van der Waals surface area contributed by atoms with Crippen molar-refractivity contribution in [2.24, 2.45) is 5.92 Å². The second-order valence-corrected chi connectivity index (χ2v) is 5.63. The predicted octanol–water partition coefficient (Wildman–Crippen LogP) is 2.08. The molecule has 1 aliphatic carbocycles. The van der Waals surface area contributed by atoms with E-state index < -0.39 is 6.10 Å². The second kappa shape index (κ2) is 6.83. The lowest BCUT2D eigenvalue weighted by molar-refractivity contribution is -0.123. The van der Waals surface area contributed by atoms with Gasteiger partial charge in [-0.25, -0.2) is 4.39 Å². The molecule has 1 fully saturated rings. The number of ether oxygens (including phenoxy) is 1. The van der Waals surface area contributed by atoms with Crippen LogP contribution in [0.1, 0.15) is 18.1 Å². The maximum atomic E-state index is 12.8. The van der Waals surface area contributed by atoms with Gasteiger partial charge < -0.3 is 19.6 Å². The molecular formula is C17H18FNO4. The summed E-state index contributed by atoms with van der Waals surface area (Å²) >= 11 is 0. The highest BCUT2D eigenvalue weighted by Crippen LogP contribution is 2.47. The normalized spacial score (nSPS) is 20.8. The number of carbonyl (C=O) groups is 1. The highest BCUT2D eigenvalue weighted by atomic mass is 19.1. The van der Waals surface area contributed by atoms with Gasteiger partial charge in [-0.05, 0) is 42.8 Å². The Morgan fingerprint density at radius 3 is 2.87 bits per heavy atom. The molecule has 3 atom stereocenters. The molecule has 1 amide bonds. The first-order valence-electron chi connectivity index (χ1n) is 7.51. The van der Waals surface area contributed by atoms with E-state index in [4.69, 9.17) is 9.15 Å². The molecule has 0 saturated heterocycles. The first-order chi connectivity index (χ1) is 11.1. The van der Waals surface area contributed by atoms with E-state index in [2.05, 4.69) is 5.32 Å². The smallest absolute Gasteiger partial charge is 0.223 e. The van der Waals surface area contributed by atoms with E-state index in [0.717, 1.165) is 12.2 Å². The monoisotopic (exact) mass is 319 g/mol. The molecule has 1 aromatic carbocycles. The number of amides is 1. The fourth-order valence-electron chi connectivity index (χ4n) is 2.43. The van der Waals surface area contributed by atoms with E-state index in [1.54, 1.807) is 12.3 Å². The van der Waals surface area contributed by atoms with Gasteiger partial charge in [0.05, 0.1) is 6.26 Å². The van der Waals surface area contributed by atoms with Crippen molar-refractivity contribution in [1.82, 2.24) is 5.32 Å². The number of rotatable bonds is 7. The molecule has 6 heteroatoms. The van der Waals surface area contributed by atoms with Crippen molar-refractivity contribution in [3.8, 4) is 5.75 Å². The minimum Gasteiger partial charge on any atom is -0.491 e. The van der Waals surface area contributed by atoms with E-state index in [9.17, 15) is 14.3 Å². The van der Waals surface area contributed by atoms with Crippen molar-refractivity contribution in [3.63, 3.8) is 0 Å². The van der Waals surface area contributed by atoms with Crippen LogP contribution in [0.5, 0.6) is 5.75 Å². The minimum absolute atomic E-state index is 0.0260. The highest BCUT2D eigenvalue weighted by molar-refractivity contribution is 5.82. The Labute approximate surface area is 133 Å². The fraction of sp³-hybridized carbons (Fsp3) is 0.353. The van der Waals surface area contributed by atoms with Gasteiger partial charge in [0.15, 0.2) is 0 Å². The number of furan rings is 1. The van der Waals surface area contributed by atoms with Crippen LogP contribution in [0.4, 0.5) is 4.39 Å². The van der Waals surface area contributed by atoms with E-state index in [1.807, 2.05) is 6.07 Å². The molecule has 0 spiro atoms. The minimum atomic E-state index is -0.829. The maximum absolute atomic E-state index is 12.8. The zero-order valence-corrected chi connectivity index (χ0v) is 12.4. The van der Waals surface area contributed by atoms with Crippen molar-refractivity contribution in [2.75, 3.05) is 13.2 Å². The van der Waals surface area contributed by atoms with Crippen molar-refractivity contribution < 1.29 is 23.4 Å². The van der Waals surface area contributed by atoms with Crippen molar-refractivity contribution >= 4 is 5.91 Å². The average Bonchev–Trinajstić information content (AvgIpc) is 3.17. The zero-order valence-electron chi connectivity index (χ0n) is 12.4. The summed E-state index contributed by atoms with van der Waals surface area (Å²) in [5, 5.41) is 12.5. The highest BCUT2D eigenvalue weighted by Gasteiger charge is 2.45.